The van der Waals surface area contributed by atoms with Crippen LogP contribution in [0.3, 0.4) is 0 Å². The fraction of sp³-hybridized carbons (Fsp3) is 0.286. The SMILES string of the molecule is COc1ccccc1CNCC(CCNCCc1c[nH]c2ccccc12)c1ccc(Cl)c(Cl)c1. The normalized spacial score (nSPS) is 12.2. The average Bonchev–Trinajstić information content (AvgIpc) is 3.28. The van der Waals surface area contributed by atoms with E-state index in [4.69, 9.17) is 27.9 Å². The maximum absolute atomic E-state index is 6.33. The van der Waals surface area contributed by atoms with Crippen molar-refractivity contribution in [3.05, 3.63) is 99.7 Å². The van der Waals surface area contributed by atoms with Gasteiger partial charge in [-0.05, 0) is 67.2 Å². The van der Waals surface area contributed by atoms with Crippen LogP contribution in [0.1, 0.15) is 29.0 Å². The molecule has 4 aromatic rings. The predicted octanol–water partition coefficient (Wildman–Crippen LogP) is 6.58. The van der Waals surface area contributed by atoms with Crippen molar-refractivity contribution in [2.75, 3.05) is 26.7 Å². The van der Waals surface area contributed by atoms with Gasteiger partial charge in [0.25, 0.3) is 0 Å². The Morgan fingerprint density at radius 3 is 2.56 bits per heavy atom. The maximum atomic E-state index is 6.33. The van der Waals surface area contributed by atoms with Crippen LogP contribution < -0.4 is 15.4 Å². The second-order valence-electron chi connectivity index (χ2n) is 8.46. The van der Waals surface area contributed by atoms with Gasteiger partial charge in [0.2, 0.25) is 0 Å². The largest absolute Gasteiger partial charge is 0.496 e. The predicted molar refractivity (Wildman–Crippen MR) is 143 cm³/mol. The number of aromatic nitrogens is 1. The van der Waals surface area contributed by atoms with Crippen LogP contribution in [-0.2, 0) is 13.0 Å². The van der Waals surface area contributed by atoms with E-state index in [9.17, 15) is 0 Å². The quantitative estimate of drug-likeness (QED) is 0.194. The molecule has 0 saturated carbocycles. The Bertz CT molecular complexity index is 1210. The van der Waals surface area contributed by atoms with E-state index in [0.717, 1.165) is 50.3 Å². The highest BCUT2D eigenvalue weighted by atomic mass is 35.5. The van der Waals surface area contributed by atoms with Crippen molar-refractivity contribution in [2.45, 2.75) is 25.3 Å². The summed E-state index contributed by atoms with van der Waals surface area (Å²) in [6.07, 6.45) is 4.10. The lowest BCUT2D eigenvalue weighted by Gasteiger charge is -2.20. The molecule has 4 rings (SSSR count). The fourth-order valence-corrected chi connectivity index (χ4v) is 4.65. The molecule has 1 atom stereocenters. The monoisotopic (exact) mass is 495 g/mol. The standard InChI is InChI=1S/C28H31Cl2N3O/c1-34-28-9-5-2-6-23(28)18-32-17-21(20-10-11-25(29)26(30)16-20)12-14-31-15-13-22-19-33-27-8-4-3-7-24(22)27/h2-11,16,19,21,31-33H,12-15,17-18H2,1H3. The molecular weight excluding hydrogens is 465 g/mol. The minimum atomic E-state index is 0.310. The molecule has 1 aromatic heterocycles. The summed E-state index contributed by atoms with van der Waals surface area (Å²) in [5, 5.41) is 9.71. The zero-order valence-corrected chi connectivity index (χ0v) is 20.9. The van der Waals surface area contributed by atoms with Gasteiger partial charge in [-0.1, -0.05) is 65.7 Å². The second kappa shape index (κ2) is 12.3. The third-order valence-electron chi connectivity index (χ3n) is 6.23. The first kappa shape index (κ1) is 24.6. The molecule has 1 unspecified atom stereocenters. The number of nitrogens with one attached hydrogen (secondary N) is 3. The number of benzene rings is 3. The topological polar surface area (TPSA) is 49.1 Å². The van der Waals surface area contributed by atoms with E-state index in [1.54, 1.807) is 7.11 Å². The van der Waals surface area contributed by atoms with Gasteiger partial charge >= 0.3 is 0 Å². The lowest BCUT2D eigenvalue weighted by molar-refractivity contribution is 0.407. The number of aromatic amines is 1. The molecule has 0 aliphatic heterocycles. The third-order valence-corrected chi connectivity index (χ3v) is 6.97. The van der Waals surface area contributed by atoms with Crippen LogP contribution in [0, 0.1) is 0 Å². The maximum Gasteiger partial charge on any atom is 0.123 e. The van der Waals surface area contributed by atoms with Gasteiger partial charge in [-0.2, -0.15) is 0 Å². The molecule has 0 fully saturated rings. The molecule has 0 aliphatic carbocycles. The Kier molecular flexibility index (Phi) is 8.89. The van der Waals surface area contributed by atoms with Gasteiger partial charge in [-0.15, -0.1) is 0 Å². The number of para-hydroxylation sites is 2. The smallest absolute Gasteiger partial charge is 0.123 e. The summed E-state index contributed by atoms with van der Waals surface area (Å²) in [7, 11) is 1.71. The molecule has 0 bridgehead atoms. The van der Waals surface area contributed by atoms with Crippen LogP contribution in [0.2, 0.25) is 10.0 Å². The molecule has 178 valence electrons. The van der Waals surface area contributed by atoms with Crippen molar-refractivity contribution in [1.82, 2.24) is 15.6 Å². The van der Waals surface area contributed by atoms with Crippen molar-refractivity contribution >= 4 is 34.1 Å². The zero-order chi connectivity index (χ0) is 23.8. The van der Waals surface area contributed by atoms with Crippen LogP contribution >= 0.6 is 23.2 Å². The van der Waals surface area contributed by atoms with Gasteiger partial charge in [0, 0.05) is 35.8 Å². The number of hydrogen-bond acceptors (Lipinski definition) is 3. The van der Waals surface area contributed by atoms with E-state index >= 15 is 0 Å². The van der Waals surface area contributed by atoms with Crippen LogP contribution in [-0.4, -0.2) is 31.7 Å². The molecule has 1 heterocycles. The van der Waals surface area contributed by atoms with Crippen molar-refractivity contribution in [1.29, 1.82) is 0 Å². The summed E-state index contributed by atoms with van der Waals surface area (Å²) < 4.78 is 5.48. The molecule has 0 spiro atoms. The van der Waals surface area contributed by atoms with Crippen LogP contribution in [0.4, 0.5) is 0 Å². The lowest BCUT2D eigenvalue weighted by Crippen LogP contribution is -2.26. The zero-order valence-electron chi connectivity index (χ0n) is 19.4. The number of H-pyrrole nitrogens is 1. The third kappa shape index (κ3) is 6.34. The molecule has 4 nitrogen and oxygen atoms in total. The van der Waals surface area contributed by atoms with Gasteiger partial charge in [0.05, 0.1) is 17.2 Å². The van der Waals surface area contributed by atoms with Crippen molar-refractivity contribution in [3.63, 3.8) is 0 Å². The first-order valence-corrected chi connectivity index (χ1v) is 12.4. The van der Waals surface area contributed by atoms with Gasteiger partial charge < -0.3 is 20.4 Å². The van der Waals surface area contributed by atoms with Gasteiger partial charge in [-0.3, -0.25) is 0 Å². The van der Waals surface area contributed by atoms with E-state index < -0.39 is 0 Å². The number of halogens is 2. The highest BCUT2D eigenvalue weighted by Crippen LogP contribution is 2.28. The van der Waals surface area contributed by atoms with E-state index in [0.29, 0.717) is 16.0 Å². The summed E-state index contributed by atoms with van der Waals surface area (Å²) >= 11 is 12.5. The molecule has 34 heavy (non-hydrogen) atoms. The number of ether oxygens (including phenoxy) is 1. The Morgan fingerprint density at radius 2 is 1.71 bits per heavy atom. The Balaban J connectivity index is 1.32. The number of hydrogen-bond donors (Lipinski definition) is 3. The summed E-state index contributed by atoms with van der Waals surface area (Å²) in [5.41, 5.74) is 4.89. The first-order chi connectivity index (χ1) is 16.7. The lowest BCUT2D eigenvalue weighted by atomic mass is 9.95. The number of methoxy groups -OCH3 is 1. The molecule has 6 heteroatoms. The van der Waals surface area contributed by atoms with Crippen LogP contribution in [0.15, 0.2) is 72.9 Å². The van der Waals surface area contributed by atoms with E-state index in [-0.39, 0.29) is 0 Å². The summed E-state index contributed by atoms with van der Waals surface area (Å²) in [6.45, 7) is 3.43. The van der Waals surface area contributed by atoms with Gasteiger partial charge in [0.1, 0.15) is 5.75 Å². The van der Waals surface area contributed by atoms with Gasteiger partial charge in [-0.25, -0.2) is 0 Å². The van der Waals surface area contributed by atoms with Crippen molar-refractivity contribution in [2.24, 2.45) is 0 Å². The summed E-state index contributed by atoms with van der Waals surface area (Å²) in [4.78, 5) is 3.36. The summed E-state index contributed by atoms with van der Waals surface area (Å²) in [6, 6.07) is 22.5. The van der Waals surface area contributed by atoms with Crippen molar-refractivity contribution in [3.8, 4) is 5.75 Å². The molecule has 3 N–H and O–H groups in total. The number of rotatable bonds is 12. The highest BCUT2D eigenvalue weighted by molar-refractivity contribution is 6.42. The van der Waals surface area contributed by atoms with Crippen LogP contribution in [0.25, 0.3) is 10.9 Å². The van der Waals surface area contributed by atoms with Crippen LogP contribution in [0.5, 0.6) is 5.75 Å². The van der Waals surface area contributed by atoms with E-state index in [2.05, 4.69) is 58.2 Å². The molecule has 3 aromatic carbocycles. The van der Waals surface area contributed by atoms with Gasteiger partial charge in [0.15, 0.2) is 0 Å². The minimum absolute atomic E-state index is 0.310. The van der Waals surface area contributed by atoms with Crippen molar-refractivity contribution < 1.29 is 4.74 Å². The minimum Gasteiger partial charge on any atom is -0.496 e. The fourth-order valence-electron chi connectivity index (χ4n) is 4.35. The second-order valence-corrected chi connectivity index (χ2v) is 9.28. The number of fused-ring (bicyclic) bond motifs is 1. The Morgan fingerprint density at radius 1 is 0.882 bits per heavy atom. The first-order valence-electron chi connectivity index (χ1n) is 11.7. The Hall–Kier alpha value is -2.50. The molecule has 0 amide bonds. The molecule has 0 aliphatic rings. The Labute approximate surface area is 211 Å². The average molecular weight is 496 g/mol. The molecular formula is C28H31Cl2N3O. The van der Waals surface area contributed by atoms with E-state index in [1.807, 2.05) is 30.3 Å². The highest BCUT2D eigenvalue weighted by Gasteiger charge is 2.14. The van der Waals surface area contributed by atoms with E-state index in [1.165, 1.54) is 22.0 Å². The summed E-state index contributed by atoms with van der Waals surface area (Å²) in [5.74, 6) is 1.21. The molecule has 0 radical (unpaired) electrons. The molecule has 0 saturated heterocycles.